The van der Waals surface area contributed by atoms with Crippen LogP contribution in [0.5, 0.6) is 5.75 Å². The van der Waals surface area contributed by atoms with E-state index in [0.29, 0.717) is 24.5 Å². The van der Waals surface area contributed by atoms with Crippen LogP contribution in [0.4, 0.5) is 11.6 Å². The van der Waals surface area contributed by atoms with Crippen molar-refractivity contribution < 1.29 is 9.90 Å². The summed E-state index contributed by atoms with van der Waals surface area (Å²) < 4.78 is 1.69. The minimum absolute atomic E-state index is 0.229. The molecule has 2 aromatic heterocycles. The normalized spacial score (nSPS) is 10.4. The molecule has 2 heterocycles. The van der Waals surface area contributed by atoms with Gasteiger partial charge in [0.15, 0.2) is 0 Å². The predicted octanol–water partition coefficient (Wildman–Crippen LogP) is 2.24. The van der Waals surface area contributed by atoms with Crippen molar-refractivity contribution >= 4 is 17.5 Å². The zero-order chi connectivity index (χ0) is 17.6. The largest absolute Gasteiger partial charge is 0.508 e. The van der Waals surface area contributed by atoms with Crippen molar-refractivity contribution in [3.05, 3.63) is 66.0 Å². The average molecular weight is 337 g/mol. The number of pyridine rings is 1. The molecule has 0 radical (unpaired) electrons. The lowest BCUT2D eigenvalue weighted by Crippen LogP contribution is -2.26. The molecule has 0 saturated carbocycles. The molecule has 0 aliphatic carbocycles. The maximum absolute atomic E-state index is 12.3. The number of benzene rings is 1. The number of amides is 1. The van der Waals surface area contributed by atoms with Gasteiger partial charge >= 0.3 is 0 Å². The number of nitrogens with one attached hydrogen (secondary N) is 2. The first kappa shape index (κ1) is 16.5. The highest BCUT2D eigenvalue weighted by atomic mass is 16.3. The van der Waals surface area contributed by atoms with Crippen molar-refractivity contribution in [1.29, 1.82) is 0 Å². The number of nitrogens with zero attached hydrogens (tertiary/aromatic N) is 3. The molecule has 3 rings (SSSR count). The second-order valence-electron chi connectivity index (χ2n) is 5.55. The Hall–Kier alpha value is -3.35. The summed E-state index contributed by atoms with van der Waals surface area (Å²) >= 11 is 0. The van der Waals surface area contributed by atoms with Crippen LogP contribution in [0.2, 0.25) is 0 Å². The Morgan fingerprint density at radius 2 is 1.96 bits per heavy atom. The lowest BCUT2D eigenvalue weighted by atomic mass is 10.1. The summed E-state index contributed by atoms with van der Waals surface area (Å²) in [5.74, 6) is 1.37. The highest BCUT2D eigenvalue weighted by molar-refractivity contribution is 5.92. The zero-order valence-corrected chi connectivity index (χ0v) is 13.8. The van der Waals surface area contributed by atoms with Gasteiger partial charge < -0.3 is 15.7 Å². The van der Waals surface area contributed by atoms with E-state index in [0.717, 1.165) is 11.4 Å². The van der Waals surface area contributed by atoms with Gasteiger partial charge in [-0.2, -0.15) is 5.10 Å². The van der Waals surface area contributed by atoms with Crippen molar-refractivity contribution in [2.45, 2.75) is 6.42 Å². The fourth-order valence-corrected chi connectivity index (χ4v) is 2.33. The molecule has 7 nitrogen and oxygen atoms in total. The van der Waals surface area contributed by atoms with E-state index in [1.54, 1.807) is 41.2 Å². The van der Waals surface area contributed by atoms with Gasteiger partial charge in [0, 0.05) is 19.7 Å². The van der Waals surface area contributed by atoms with Crippen LogP contribution in [-0.2, 0) is 13.5 Å². The van der Waals surface area contributed by atoms with E-state index in [-0.39, 0.29) is 11.7 Å². The summed E-state index contributed by atoms with van der Waals surface area (Å²) in [6, 6.07) is 14.0. The van der Waals surface area contributed by atoms with E-state index in [2.05, 4.69) is 20.7 Å². The van der Waals surface area contributed by atoms with Crippen LogP contribution >= 0.6 is 0 Å². The first-order valence-electron chi connectivity index (χ1n) is 7.90. The number of hydrogen-bond donors (Lipinski definition) is 3. The minimum Gasteiger partial charge on any atom is -0.508 e. The lowest BCUT2D eigenvalue weighted by molar-refractivity contribution is 0.0949. The molecule has 0 fully saturated rings. The zero-order valence-electron chi connectivity index (χ0n) is 13.8. The Morgan fingerprint density at radius 3 is 2.68 bits per heavy atom. The lowest BCUT2D eigenvalue weighted by Gasteiger charge is -2.08. The predicted molar refractivity (Wildman–Crippen MR) is 94.9 cm³/mol. The van der Waals surface area contributed by atoms with E-state index < -0.39 is 0 Å². The summed E-state index contributed by atoms with van der Waals surface area (Å²) in [5.41, 5.74) is 1.38. The van der Waals surface area contributed by atoms with Gasteiger partial charge in [-0.3, -0.25) is 9.48 Å². The maximum atomic E-state index is 12.3. The Balaban J connectivity index is 1.57. The van der Waals surface area contributed by atoms with Gasteiger partial charge in [0.2, 0.25) is 0 Å². The molecule has 0 atom stereocenters. The topological polar surface area (TPSA) is 92.1 Å². The minimum atomic E-state index is -0.229. The molecular formula is C18H19N5O2. The first-order chi connectivity index (χ1) is 12.1. The third-order valence-electron chi connectivity index (χ3n) is 3.69. The quantitative estimate of drug-likeness (QED) is 0.641. The fraction of sp³-hybridized carbons (Fsp3) is 0.167. The number of aromatic hydroxyl groups is 1. The Morgan fingerprint density at radius 1 is 1.16 bits per heavy atom. The Kier molecular flexibility index (Phi) is 4.94. The third kappa shape index (κ3) is 4.35. The number of carbonyl (C=O) groups is 1. The number of aryl methyl sites for hydroxylation is 1. The monoisotopic (exact) mass is 337 g/mol. The van der Waals surface area contributed by atoms with Crippen LogP contribution in [0.1, 0.15) is 16.1 Å². The van der Waals surface area contributed by atoms with Crippen LogP contribution in [0.3, 0.4) is 0 Å². The summed E-state index contributed by atoms with van der Waals surface area (Å²) in [4.78, 5) is 16.6. The Labute approximate surface area is 145 Å². The third-order valence-corrected chi connectivity index (χ3v) is 3.69. The van der Waals surface area contributed by atoms with Gasteiger partial charge in [0.25, 0.3) is 5.91 Å². The maximum Gasteiger partial charge on any atom is 0.269 e. The second kappa shape index (κ2) is 7.48. The van der Waals surface area contributed by atoms with Gasteiger partial charge in [-0.25, -0.2) is 4.98 Å². The van der Waals surface area contributed by atoms with E-state index in [4.69, 9.17) is 0 Å². The van der Waals surface area contributed by atoms with E-state index in [1.807, 2.05) is 25.2 Å². The molecule has 0 aliphatic rings. The molecule has 1 amide bonds. The van der Waals surface area contributed by atoms with Gasteiger partial charge in [-0.15, -0.1) is 0 Å². The molecule has 25 heavy (non-hydrogen) atoms. The van der Waals surface area contributed by atoms with E-state index >= 15 is 0 Å². The molecule has 7 heteroatoms. The van der Waals surface area contributed by atoms with Crippen molar-refractivity contribution in [3.63, 3.8) is 0 Å². The second-order valence-corrected chi connectivity index (χ2v) is 5.55. The molecule has 0 saturated heterocycles. The van der Waals surface area contributed by atoms with Crippen LogP contribution in [-0.4, -0.2) is 32.3 Å². The standard InChI is InChI=1S/C18H19N5O2/c1-23-17(10-12-20-23)22-16-4-2-3-15(21-16)18(25)19-11-9-13-5-7-14(24)8-6-13/h2-8,10,12,24H,9,11H2,1H3,(H,19,25)(H,21,22). The van der Waals surface area contributed by atoms with Crippen LogP contribution < -0.4 is 10.6 Å². The van der Waals surface area contributed by atoms with Gasteiger partial charge in [0.05, 0.1) is 6.20 Å². The van der Waals surface area contributed by atoms with Crippen LogP contribution in [0.25, 0.3) is 0 Å². The van der Waals surface area contributed by atoms with E-state index in [9.17, 15) is 9.90 Å². The summed E-state index contributed by atoms with van der Waals surface area (Å²) in [6.07, 6.45) is 2.36. The molecular weight excluding hydrogens is 318 g/mol. The number of phenols is 1. The average Bonchev–Trinajstić information content (AvgIpc) is 3.01. The molecule has 3 aromatic rings. The molecule has 3 N–H and O–H groups in total. The fourth-order valence-electron chi connectivity index (χ4n) is 2.33. The number of rotatable bonds is 6. The van der Waals surface area contributed by atoms with Crippen molar-refractivity contribution in [2.24, 2.45) is 7.05 Å². The number of phenolic OH excluding ortho intramolecular Hbond substituents is 1. The smallest absolute Gasteiger partial charge is 0.269 e. The Bertz CT molecular complexity index is 858. The molecule has 0 aliphatic heterocycles. The first-order valence-corrected chi connectivity index (χ1v) is 7.90. The SMILES string of the molecule is Cn1nccc1Nc1cccc(C(=O)NCCc2ccc(O)cc2)n1. The van der Waals surface area contributed by atoms with E-state index in [1.165, 1.54) is 0 Å². The summed E-state index contributed by atoms with van der Waals surface area (Å²) in [6.45, 7) is 0.491. The number of hydrogen-bond acceptors (Lipinski definition) is 5. The number of aromatic nitrogens is 3. The number of anilines is 2. The molecule has 0 spiro atoms. The van der Waals surface area contributed by atoms with Crippen molar-refractivity contribution in [2.75, 3.05) is 11.9 Å². The molecule has 128 valence electrons. The molecule has 0 unspecified atom stereocenters. The highest BCUT2D eigenvalue weighted by Gasteiger charge is 2.08. The van der Waals surface area contributed by atoms with Gasteiger partial charge in [-0.1, -0.05) is 18.2 Å². The molecule has 1 aromatic carbocycles. The van der Waals surface area contributed by atoms with Crippen LogP contribution in [0, 0.1) is 0 Å². The highest BCUT2D eigenvalue weighted by Crippen LogP contribution is 2.13. The van der Waals surface area contributed by atoms with Crippen molar-refractivity contribution in [3.8, 4) is 5.75 Å². The number of carbonyl (C=O) groups excluding carboxylic acids is 1. The molecule has 0 bridgehead atoms. The van der Waals surface area contributed by atoms with Crippen LogP contribution in [0.15, 0.2) is 54.7 Å². The summed E-state index contributed by atoms with van der Waals surface area (Å²) in [7, 11) is 1.82. The summed E-state index contributed by atoms with van der Waals surface area (Å²) in [5, 5.41) is 19.3. The van der Waals surface area contributed by atoms with Gasteiger partial charge in [0.1, 0.15) is 23.1 Å². The van der Waals surface area contributed by atoms with Crippen molar-refractivity contribution in [1.82, 2.24) is 20.1 Å². The van der Waals surface area contributed by atoms with Gasteiger partial charge in [-0.05, 0) is 36.2 Å².